The Kier molecular flexibility index (Phi) is 5.36. The molecule has 8 nitrogen and oxygen atoms in total. The monoisotopic (exact) mass is 445 g/mol. The highest BCUT2D eigenvalue weighted by atomic mass is 16.3. The second-order valence-electron chi connectivity index (χ2n) is 8.89. The molecule has 0 bridgehead atoms. The zero-order valence-electron chi connectivity index (χ0n) is 18.6. The molecule has 4 heterocycles. The molecule has 2 amide bonds. The number of fused-ring (bicyclic) bond motifs is 1. The van der Waals surface area contributed by atoms with Crippen molar-refractivity contribution in [2.75, 3.05) is 26.2 Å². The topological polar surface area (TPSA) is 102 Å². The van der Waals surface area contributed by atoms with Gasteiger partial charge in [0.2, 0.25) is 11.8 Å². The van der Waals surface area contributed by atoms with E-state index in [2.05, 4.69) is 21.8 Å². The van der Waals surface area contributed by atoms with Crippen molar-refractivity contribution in [2.45, 2.75) is 31.6 Å². The molecule has 3 aromatic rings. The highest BCUT2D eigenvalue weighted by Gasteiger charge is 2.36. The molecule has 2 aliphatic heterocycles. The molecule has 2 aliphatic rings. The van der Waals surface area contributed by atoms with Crippen LogP contribution in [0.25, 0.3) is 22.3 Å². The Balaban J connectivity index is 1.55. The smallest absolute Gasteiger partial charge is 0.245 e. The van der Waals surface area contributed by atoms with Gasteiger partial charge in [-0.05, 0) is 48.6 Å². The van der Waals surface area contributed by atoms with Crippen molar-refractivity contribution in [2.24, 2.45) is 0 Å². The third-order valence-corrected chi connectivity index (χ3v) is 6.93. The number of amides is 2. The zero-order chi connectivity index (χ0) is 23.1. The molecule has 0 radical (unpaired) electrons. The van der Waals surface area contributed by atoms with Gasteiger partial charge in [-0.1, -0.05) is 18.7 Å². The minimum atomic E-state index is -0.0553. The van der Waals surface area contributed by atoms with Crippen molar-refractivity contribution in [3.05, 3.63) is 54.2 Å². The minimum absolute atomic E-state index is 0.0553. The van der Waals surface area contributed by atoms with Crippen LogP contribution in [0.5, 0.6) is 5.75 Å². The predicted octanol–water partition coefficient (Wildman–Crippen LogP) is 3.17. The van der Waals surface area contributed by atoms with Crippen molar-refractivity contribution in [1.29, 1.82) is 0 Å². The summed E-state index contributed by atoms with van der Waals surface area (Å²) >= 11 is 0. The van der Waals surface area contributed by atoms with E-state index in [9.17, 15) is 14.7 Å². The van der Waals surface area contributed by atoms with E-state index in [-0.39, 0.29) is 29.4 Å². The summed E-state index contributed by atoms with van der Waals surface area (Å²) in [5.41, 5.74) is 4.27. The third-order valence-electron chi connectivity index (χ3n) is 6.93. The second kappa shape index (κ2) is 8.35. The van der Waals surface area contributed by atoms with Crippen molar-refractivity contribution in [1.82, 2.24) is 25.0 Å². The number of phenolic OH excluding ortho intramolecular Hbond substituents is 1. The quantitative estimate of drug-likeness (QED) is 0.601. The number of aromatic hydroxyl groups is 1. The van der Waals surface area contributed by atoms with Gasteiger partial charge in [-0.15, -0.1) is 10.2 Å². The number of H-pyrrole nitrogens is 1. The lowest BCUT2D eigenvalue weighted by atomic mass is 9.83. The molecule has 5 rings (SSSR count). The number of likely N-dealkylation sites (tertiary alicyclic amines) is 2. The molecule has 8 heteroatoms. The van der Waals surface area contributed by atoms with Crippen LogP contribution < -0.4 is 0 Å². The normalized spacial score (nSPS) is 17.2. The maximum Gasteiger partial charge on any atom is 0.245 e. The van der Waals surface area contributed by atoms with E-state index in [0.29, 0.717) is 30.0 Å². The number of carbonyl (C=O) groups is 2. The lowest BCUT2D eigenvalue weighted by molar-refractivity contribution is -0.130. The second-order valence-corrected chi connectivity index (χ2v) is 8.89. The molecule has 0 saturated carbocycles. The number of hydrogen-bond acceptors (Lipinski definition) is 5. The van der Waals surface area contributed by atoms with E-state index < -0.39 is 0 Å². The van der Waals surface area contributed by atoms with Crippen LogP contribution in [0.15, 0.2) is 43.0 Å². The van der Waals surface area contributed by atoms with Crippen LogP contribution in [0.2, 0.25) is 0 Å². The van der Waals surface area contributed by atoms with Crippen molar-refractivity contribution >= 4 is 22.8 Å². The fourth-order valence-electron chi connectivity index (χ4n) is 5.07. The number of nitrogens with zero attached hydrogens (tertiary/aromatic N) is 4. The Hall–Kier alpha value is -3.68. The van der Waals surface area contributed by atoms with Crippen LogP contribution in [0, 0.1) is 0 Å². The number of piperidine rings is 1. The zero-order valence-corrected chi connectivity index (χ0v) is 18.6. The Morgan fingerprint density at radius 1 is 1.12 bits per heavy atom. The Morgan fingerprint density at radius 2 is 1.85 bits per heavy atom. The van der Waals surface area contributed by atoms with Gasteiger partial charge in [0.15, 0.2) is 5.65 Å². The molecule has 0 aliphatic carbocycles. The number of hydrogen-bond donors (Lipinski definition) is 2. The summed E-state index contributed by atoms with van der Waals surface area (Å²) < 4.78 is 0. The number of para-hydroxylation sites is 1. The SMILES string of the molecule is C=CC(=O)N1CC(c2[nH]c3nnc(-c4ccccc4O)cc3c2C2CCN(C(C)=O)CC2)C1. The van der Waals surface area contributed by atoms with Gasteiger partial charge in [0.1, 0.15) is 5.75 Å². The fourth-order valence-corrected chi connectivity index (χ4v) is 5.07. The van der Waals surface area contributed by atoms with Gasteiger partial charge >= 0.3 is 0 Å². The number of nitrogens with one attached hydrogen (secondary N) is 1. The largest absolute Gasteiger partial charge is 0.507 e. The lowest BCUT2D eigenvalue weighted by Crippen LogP contribution is -2.48. The molecular weight excluding hydrogens is 418 g/mol. The van der Waals surface area contributed by atoms with E-state index >= 15 is 0 Å². The minimum Gasteiger partial charge on any atom is -0.507 e. The lowest BCUT2D eigenvalue weighted by Gasteiger charge is -2.40. The van der Waals surface area contributed by atoms with Crippen LogP contribution >= 0.6 is 0 Å². The van der Waals surface area contributed by atoms with Crippen LogP contribution in [0.3, 0.4) is 0 Å². The average Bonchev–Trinajstić information content (AvgIpc) is 3.16. The molecule has 2 aromatic heterocycles. The van der Waals surface area contributed by atoms with E-state index in [1.807, 2.05) is 23.1 Å². The van der Waals surface area contributed by atoms with Gasteiger partial charge in [-0.25, -0.2) is 0 Å². The van der Waals surface area contributed by atoms with E-state index in [1.54, 1.807) is 24.0 Å². The molecule has 170 valence electrons. The van der Waals surface area contributed by atoms with Crippen LogP contribution in [0.4, 0.5) is 0 Å². The first-order valence-corrected chi connectivity index (χ1v) is 11.3. The number of aromatic nitrogens is 3. The third kappa shape index (κ3) is 3.75. The molecule has 2 fully saturated rings. The van der Waals surface area contributed by atoms with E-state index in [1.165, 1.54) is 11.6 Å². The molecule has 2 N–H and O–H groups in total. The van der Waals surface area contributed by atoms with Gasteiger partial charge < -0.3 is 19.9 Å². The van der Waals surface area contributed by atoms with Gasteiger partial charge in [-0.3, -0.25) is 9.59 Å². The van der Waals surface area contributed by atoms with Crippen molar-refractivity contribution in [3.63, 3.8) is 0 Å². The summed E-state index contributed by atoms with van der Waals surface area (Å²) in [5, 5.41) is 20.1. The summed E-state index contributed by atoms with van der Waals surface area (Å²) in [6.07, 6.45) is 3.09. The average molecular weight is 446 g/mol. The number of benzene rings is 1. The summed E-state index contributed by atoms with van der Waals surface area (Å²) in [6.45, 7) is 7.92. The van der Waals surface area contributed by atoms with Crippen molar-refractivity contribution < 1.29 is 14.7 Å². The Morgan fingerprint density at radius 3 is 2.52 bits per heavy atom. The van der Waals surface area contributed by atoms with Gasteiger partial charge in [0, 0.05) is 55.7 Å². The van der Waals surface area contributed by atoms with Crippen LogP contribution in [-0.4, -0.2) is 68.1 Å². The molecule has 0 atom stereocenters. The molecular formula is C25H27N5O3. The highest BCUT2D eigenvalue weighted by molar-refractivity contribution is 5.89. The predicted molar refractivity (Wildman–Crippen MR) is 125 cm³/mol. The van der Waals surface area contributed by atoms with Crippen molar-refractivity contribution in [3.8, 4) is 17.0 Å². The Labute approximate surface area is 191 Å². The number of aromatic amines is 1. The van der Waals surface area contributed by atoms with Gasteiger partial charge in [0.25, 0.3) is 0 Å². The first kappa shape index (κ1) is 21.2. The number of rotatable bonds is 4. The molecule has 1 aromatic carbocycles. The summed E-state index contributed by atoms with van der Waals surface area (Å²) in [7, 11) is 0. The molecule has 0 spiro atoms. The van der Waals surface area contributed by atoms with Gasteiger partial charge in [-0.2, -0.15) is 0 Å². The molecule has 0 unspecified atom stereocenters. The molecule has 33 heavy (non-hydrogen) atoms. The number of phenols is 1. The Bertz CT molecular complexity index is 1240. The van der Waals surface area contributed by atoms with Crippen LogP contribution in [0.1, 0.15) is 42.9 Å². The maximum absolute atomic E-state index is 12.0. The van der Waals surface area contributed by atoms with Gasteiger partial charge in [0.05, 0.1) is 5.69 Å². The first-order valence-electron chi connectivity index (χ1n) is 11.3. The maximum atomic E-state index is 12.0. The summed E-state index contributed by atoms with van der Waals surface area (Å²) in [4.78, 5) is 31.0. The summed E-state index contributed by atoms with van der Waals surface area (Å²) in [5.74, 6) is 0.682. The van der Waals surface area contributed by atoms with E-state index in [4.69, 9.17) is 0 Å². The fraction of sp³-hybridized carbons (Fsp3) is 0.360. The standard InChI is InChI=1S/C25H27N5O3/c1-3-22(33)30-13-17(14-30)24-23(16-8-10-29(11-9-16)15(2)31)19-12-20(27-28-25(19)26-24)18-6-4-5-7-21(18)32/h3-7,12,16-17,32H,1,8-11,13-14H2,2H3,(H,26,28). The number of carbonyl (C=O) groups excluding carboxylic acids is 2. The highest BCUT2D eigenvalue weighted by Crippen LogP contribution is 2.41. The molecule has 2 saturated heterocycles. The summed E-state index contributed by atoms with van der Waals surface area (Å²) in [6, 6.07) is 9.10. The van der Waals surface area contributed by atoms with E-state index in [0.717, 1.165) is 37.0 Å². The van der Waals surface area contributed by atoms with Crippen LogP contribution in [-0.2, 0) is 9.59 Å². The first-order chi connectivity index (χ1) is 16.0.